The minimum absolute atomic E-state index is 0.0730. The van der Waals surface area contributed by atoms with Crippen molar-refractivity contribution in [3.8, 4) is 11.5 Å². The maximum Gasteiger partial charge on any atom is 0.257 e. The Morgan fingerprint density at radius 3 is 2.52 bits per heavy atom. The number of nitrogens with one attached hydrogen (secondary N) is 1. The Morgan fingerprint density at radius 2 is 1.84 bits per heavy atom. The molecule has 130 valence electrons. The highest BCUT2D eigenvalue weighted by atomic mass is 16.5. The Morgan fingerprint density at radius 1 is 1.08 bits per heavy atom. The highest BCUT2D eigenvalue weighted by molar-refractivity contribution is 6.06. The number of carbonyl (C=O) groups is 2. The number of hydrogen-bond donors (Lipinski definition) is 1. The van der Waals surface area contributed by atoms with Crippen molar-refractivity contribution >= 4 is 17.8 Å². The van der Waals surface area contributed by atoms with Gasteiger partial charge >= 0.3 is 0 Å². The van der Waals surface area contributed by atoms with Crippen LogP contribution in [0.25, 0.3) is 6.08 Å². The van der Waals surface area contributed by atoms with E-state index in [2.05, 4.69) is 5.32 Å². The van der Waals surface area contributed by atoms with Crippen LogP contribution in [0.15, 0.2) is 54.6 Å². The molecule has 2 aromatic rings. The molecule has 25 heavy (non-hydrogen) atoms. The molecule has 0 bridgehead atoms. The molecule has 0 radical (unpaired) electrons. The Labute approximate surface area is 147 Å². The maximum absolute atomic E-state index is 12.1. The minimum atomic E-state index is -0.193. The summed E-state index contributed by atoms with van der Waals surface area (Å²) in [5.74, 6) is 0.706. The lowest BCUT2D eigenvalue weighted by atomic mass is 10.1. The SMILES string of the molecule is CCNC(=O)COc1ccc(/C=C/C(=O)c2ccccc2)cc1OC. The molecule has 2 aromatic carbocycles. The summed E-state index contributed by atoms with van der Waals surface area (Å²) in [6, 6.07) is 14.3. The normalized spacial score (nSPS) is 10.5. The van der Waals surface area contributed by atoms with E-state index in [1.807, 2.05) is 25.1 Å². The van der Waals surface area contributed by atoms with Crippen molar-refractivity contribution in [1.82, 2.24) is 5.32 Å². The topological polar surface area (TPSA) is 64.6 Å². The third-order valence-electron chi connectivity index (χ3n) is 3.41. The van der Waals surface area contributed by atoms with Crippen LogP contribution in [0.1, 0.15) is 22.8 Å². The first-order chi connectivity index (χ1) is 12.1. The third kappa shape index (κ3) is 5.49. The molecule has 1 amide bonds. The van der Waals surface area contributed by atoms with E-state index < -0.39 is 0 Å². The minimum Gasteiger partial charge on any atom is -0.493 e. The van der Waals surface area contributed by atoms with Crippen LogP contribution >= 0.6 is 0 Å². The average molecular weight is 339 g/mol. The molecule has 5 heteroatoms. The average Bonchev–Trinajstić information content (AvgIpc) is 2.65. The van der Waals surface area contributed by atoms with Gasteiger partial charge in [0.05, 0.1) is 7.11 Å². The van der Waals surface area contributed by atoms with Gasteiger partial charge in [-0.05, 0) is 30.7 Å². The fourth-order valence-corrected chi connectivity index (χ4v) is 2.17. The van der Waals surface area contributed by atoms with Gasteiger partial charge in [-0.1, -0.05) is 42.5 Å². The molecule has 5 nitrogen and oxygen atoms in total. The summed E-state index contributed by atoms with van der Waals surface area (Å²) in [4.78, 5) is 23.6. The quantitative estimate of drug-likeness (QED) is 0.593. The summed E-state index contributed by atoms with van der Waals surface area (Å²) in [6.45, 7) is 2.32. The molecule has 0 unspecified atom stereocenters. The fourth-order valence-electron chi connectivity index (χ4n) is 2.17. The van der Waals surface area contributed by atoms with E-state index in [4.69, 9.17) is 9.47 Å². The number of rotatable bonds is 8. The van der Waals surface area contributed by atoms with E-state index in [1.165, 1.54) is 13.2 Å². The van der Waals surface area contributed by atoms with Crippen LogP contribution in [0.3, 0.4) is 0 Å². The van der Waals surface area contributed by atoms with Crippen molar-refractivity contribution in [1.29, 1.82) is 0 Å². The van der Waals surface area contributed by atoms with Crippen molar-refractivity contribution in [2.75, 3.05) is 20.3 Å². The zero-order chi connectivity index (χ0) is 18.1. The van der Waals surface area contributed by atoms with Gasteiger partial charge in [-0.2, -0.15) is 0 Å². The molecule has 0 aliphatic heterocycles. The summed E-state index contributed by atoms with van der Waals surface area (Å²) in [5, 5.41) is 2.66. The zero-order valence-corrected chi connectivity index (χ0v) is 14.3. The number of ketones is 1. The van der Waals surface area contributed by atoms with Crippen molar-refractivity contribution in [2.24, 2.45) is 0 Å². The van der Waals surface area contributed by atoms with Gasteiger partial charge in [-0.3, -0.25) is 9.59 Å². The van der Waals surface area contributed by atoms with Crippen LogP contribution in [-0.4, -0.2) is 32.0 Å². The van der Waals surface area contributed by atoms with E-state index in [9.17, 15) is 9.59 Å². The van der Waals surface area contributed by atoms with Gasteiger partial charge in [-0.15, -0.1) is 0 Å². The molecule has 0 fully saturated rings. The van der Waals surface area contributed by atoms with E-state index in [0.29, 0.717) is 23.6 Å². The second-order valence-electron chi connectivity index (χ2n) is 5.22. The molecule has 0 saturated carbocycles. The van der Waals surface area contributed by atoms with E-state index in [1.54, 1.807) is 36.4 Å². The van der Waals surface area contributed by atoms with Gasteiger partial charge in [0.1, 0.15) is 0 Å². The first-order valence-corrected chi connectivity index (χ1v) is 7.99. The zero-order valence-electron chi connectivity index (χ0n) is 14.3. The predicted molar refractivity (Wildman–Crippen MR) is 97.0 cm³/mol. The summed E-state index contributed by atoms with van der Waals surface area (Å²) in [6.07, 6.45) is 3.23. The summed E-state index contributed by atoms with van der Waals surface area (Å²) < 4.78 is 10.8. The highest BCUT2D eigenvalue weighted by Gasteiger charge is 2.08. The molecule has 0 atom stereocenters. The number of amides is 1. The van der Waals surface area contributed by atoms with Crippen molar-refractivity contribution in [3.05, 3.63) is 65.7 Å². The van der Waals surface area contributed by atoms with Crippen LogP contribution in [-0.2, 0) is 4.79 Å². The fraction of sp³-hybridized carbons (Fsp3) is 0.200. The smallest absolute Gasteiger partial charge is 0.257 e. The molecule has 0 aliphatic rings. The molecule has 0 heterocycles. The molecule has 0 saturated heterocycles. The van der Waals surface area contributed by atoms with Crippen LogP contribution in [0, 0.1) is 0 Å². The highest BCUT2D eigenvalue weighted by Crippen LogP contribution is 2.28. The van der Waals surface area contributed by atoms with Crippen LogP contribution in [0.2, 0.25) is 0 Å². The molecule has 1 N–H and O–H groups in total. The Hall–Kier alpha value is -3.08. The summed E-state index contributed by atoms with van der Waals surface area (Å²) in [7, 11) is 1.52. The maximum atomic E-state index is 12.1. The van der Waals surface area contributed by atoms with Crippen molar-refractivity contribution in [3.63, 3.8) is 0 Å². The second-order valence-corrected chi connectivity index (χ2v) is 5.22. The lowest BCUT2D eigenvalue weighted by molar-refractivity contribution is -0.123. The van der Waals surface area contributed by atoms with E-state index in [-0.39, 0.29) is 18.3 Å². The lowest BCUT2D eigenvalue weighted by Gasteiger charge is -2.11. The number of likely N-dealkylation sites (N-methyl/N-ethyl adjacent to an activating group) is 1. The largest absolute Gasteiger partial charge is 0.493 e. The number of allylic oxidation sites excluding steroid dienone is 1. The molecule has 0 aromatic heterocycles. The molecular formula is C20H21NO4. The number of methoxy groups -OCH3 is 1. The number of hydrogen-bond acceptors (Lipinski definition) is 4. The van der Waals surface area contributed by atoms with Gasteiger partial charge in [-0.25, -0.2) is 0 Å². The number of ether oxygens (including phenoxy) is 2. The van der Waals surface area contributed by atoms with Gasteiger partial charge < -0.3 is 14.8 Å². The van der Waals surface area contributed by atoms with Gasteiger partial charge in [0.15, 0.2) is 23.9 Å². The van der Waals surface area contributed by atoms with Crippen LogP contribution < -0.4 is 14.8 Å². The molecule has 0 aliphatic carbocycles. The summed E-state index contributed by atoms with van der Waals surface area (Å²) in [5.41, 5.74) is 1.43. The monoisotopic (exact) mass is 339 g/mol. The van der Waals surface area contributed by atoms with Crippen LogP contribution in [0.5, 0.6) is 11.5 Å². The molecule has 2 rings (SSSR count). The predicted octanol–water partition coefficient (Wildman–Crippen LogP) is 3.11. The molecule has 0 spiro atoms. The Bertz CT molecular complexity index is 754. The lowest BCUT2D eigenvalue weighted by Crippen LogP contribution is -2.28. The Balaban J connectivity index is 2.06. The second kappa shape index (κ2) is 9.27. The molecular weight excluding hydrogens is 318 g/mol. The van der Waals surface area contributed by atoms with Gasteiger partial charge in [0.2, 0.25) is 0 Å². The van der Waals surface area contributed by atoms with Gasteiger partial charge in [0.25, 0.3) is 5.91 Å². The Kier molecular flexibility index (Phi) is 6.77. The standard InChI is InChI=1S/C20H21NO4/c1-3-21-20(23)14-25-18-12-10-15(13-19(18)24-2)9-11-17(22)16-7-5-4-6-8-16/h4-13H,3,14H2,1-2H3,(H,21,23)/b11-9+. The first-order valence-electron chi connectivity index (χ1n) is 7.99. The van der Waals surface area contributed by atoms with Gasteiger partial charge in [0, 0.05) is 12.1 Å². The first kappa shape index (κ1) is 18.3. The van der Waals surface area contributed by atoms with E-state index >= 15 is 0 Å². The van der Waals surface area contributed by atoms with Crippen molar-refractivity contribution in [2.45, 2.75) is 6.92 Å². The number of carbonyl (C=O) groups excluding carboxylic acids is 2. The van der Waals surface area contributed by atoms with Crippen molar-refractivity contribution < 1.29 is 19.1 Å². The van der Waals surface area contributed by atoms with E-state index in [0.717, 1.165) is 5.56 Å². The third-order valence-corrected chi connectivity index (χ3v) is 3.41. The summed E-state index contributed by atoms with van der Waals surface area (Å²) >= 11 is 0. The number of benzene rings is 2. The van der Waals surface area contributed by atoms with Crippen LogP contribution in [0.4, 0.5) is 0 Å².